The highest BCUT2D eigenvalue weighted by Crippen LogP contribution is 2.60. The van der Waals surface area contributed by atoms with Crippen LogP contribution in [0.25, 0.3) is 0 Å². The number of rotatable bonds is 12. The van der Waals surface area contributed by atoms with Crippen LogP contribution in [0.2, 0.25) is 0 Å². The zero-order valence-electron chi connectivity index (χ0n) is 16.7. The molecule has 0 unspecified atom stereocenters. The molecule has 0 radical (unpaired) electrons. The van der Waals surface area contributed by atoms with Crippen LogP contribution in [0.15, 0.2) is 0 Å². The molecule has 0 spiro atoms. The molecule has 0 aromatic heterocycles. The monoisotopic (exact) mass is 333 g/mol. The summed E-state index contributed by atoms with van der Waals surface area (Å²) in [5, 5.41) is 0. The Labute approximate surface area is 152 Å². The fourth-order valence-corrected chi connectivity index (χ4v) is 6.75. The van der Waals surface area contributed by atoms with Gasteiger partial charge in [0.1, 0.15) is 0 Å². The van der Waals surface area contributed by atoms with Gasteiger partial charge in [0.05, 0.1) is 0 Å². The van der Waals surface area contributed by atoms with Gasteiger partial charge in [-0.2, -0.15) is 0 Å². The van der Waals surface area contributed by atoms with Crippen molar-refractivity contribution >= 4 is 0 Å². The second-order valence-electron chi connectivity index (χ2n) is 9.82. The molecular weight excluding hydrogens is 290 g/mol. The van der Waals surface area contributed by atoms with E-state index in [4.69, 9.17) is 0 Å². The van der Waals surface area contributed by atoms with Crippen LogP contribution in [-0.2, 0) is 0 Å². The largest absolute Gasteiger partial charge is 0.303 e. The quantitative estimate of drug-likeness (QED) is 0.361. The molecule has 4 fully saturated rings. The van der Waals surface area contributed by atoms with Crippen LogP contribution in [0, 0.1) is 23.2 Å². The van der Waals surface area contributed by atoms with Crippen LogP contribution >= 0.6 is 0 Å². The Hall–Kier alpha value is -0.0400. The van der Waals surface area contributed by atoms with Crippen LogP contribution in [-0.4, -0.2) is 24.5 Å². The molecule has 1 heteroatoms. The van der Waals surface area contributed by atoms with E-state index in [2.05, 4.69) is 18.7 Å². The van der Waals surface area contributed by atoms with Crippen LogP contribution in [0.1, 0.15) is 104 Å². The standard InChI is InChI=1S/C23H43N/c1-3-5-7-9-11-24(12-10-8-6-4-2)19-23-16-20-13-21(17-23)15-22(14-20)18-23/h20-22H,3-19H2,1-2H3. The van der Waals surface area contributed by atoms with Gasteiger partial charge in [0.2, 0.25) is 0 Å². The fourth-order valence-electron chi connectivity index (χ4n) is 6.75. The SMILES string of the molecule is CCCCCCN(CCCCCC)CC12CC3CC(CC(C3)C1)C2. The van der Waals surface area contributed by atoms with Gasteiger partial charge in [0.15, 0.2) is 0 Å². The second kappa shape index (κ2) is 9.06. The van der Waals surface area contributed by atoms with Crippen molar-refractivity contribution in [2.75, 3.05) is 19.6 Å². The smallest absolute Gasteiger partial charge is 0.00383 e. The van der Waals surface area contributed by atoms with E-state index < -0.39 is 0 Å². The normalized spacial score (nSPS) is 34.4. The van der Waals surface area contributed by atoms with E-state index in [1.807, 2.05) is 0 Å². The van der Waals surface area contributed by atoms with E-state index in [-0.39, 0.29) is 0 Å². The fraction of sp³-hybridized carbons (Fsp3) is 1.00. The molecule has 4 bridgehead atoms. The summed E-state index contributed by atoms with van der Waals surface area (Å²) in [6.07, 6.45) is 20.9. The summed E-state index contributed by atoms with van der Waals surface area (Å²) in [5.41, 5.74) is 0.740. The zero-order valence-corrected chi connectivity index (χ0v) is 16.7. The molecule has 0 aliphatic heterocycles. The summed E-state index contributed by atoms with van der Waals surface area (Å²) in [4.78, 5) is 2.92. The van der Waals surface area contributed by atoms with E-state index in [9.17, 15) is 0 Å². The van der Waals surface area contributed by atoms with Crippen molar-refractivity contribution in [3.05, 3.63) is 0 Å². The van der Waals surface area contributed by atoms with Crippen molar-refractivity contribution in [1.82, 2.24) is 4.90 Å². The molecule has 0 heterocycles. The van der Waals surface area contributed by atoms with Crippen molar-refractivity contribution < 1.29 is 0 Å². The first-order valence-electron chi connectivity index (χ1n) is 11.5. The molecule has 4 aliphatic carbocycles. The summed E-state index contributed by atoms with van der Waals surface area (Å²) < 4.78 is 0. The molecule has 140 valence electrons. The lowest BCUT2D eigenvalue weighted by atomic mass is 9.49. The van der Waals surface area contributed by atoms with Gasteiger partial charge in [-0.25, -0.2) is 0 Å². The van der Waals surface area contributed by atoms with Gasteiger partial charge >= 0.3 is 0 Å². The average Bonchev–Trinajstić information content (AvgIpc) is 2.53. The van der Waals surface area contributed by atoms with Crippen molar-refractivity contribution in [3.8, 4) is 0 Å². The highest BCUT2D eigenvalue weighted by Gasteiger charge is 2.51. The summed E-state index contributed by atoms with van der Waals surface area (Å²) >= 11 is 0. The maximum absolute atomic E-state index is 2.92. The first kappa shape index (κ1) is 18.7. The van der Waals surface area contributed by atoms with E-state index in [0.717, 1.165) is 23.2 Å². The molecular formula is C23H43N. The molecule has 4 aliphatic rings. The van der Waals surface area contributed by atoms with E-state index >= 15 is 0 Å². The van der Waals surface area contributed by atoms with E-state index in [1.165, 1.54) is 71.0 Å². The highest BCUT2D eigenvalue weighted by molar-refractivity contribution is 5.02. The lowest BCUT2D eigenvalue weighted by Crippen LogP contribution is -2.51. The first-order chi connectivity index (χ1) is 11.7. The molecule has 1 nitrogen and oxygen atoms in total. The maximum atomic E-state index is 2.92. The third-order valence-electron chi connectivity index (χ3n) is 7.38. The maximum Gasteiger partial charge on any atom is 0.00383 e. The van der Waals surface area contributed by atoms with Gasteiger partial charge in [-0.1, -0.05) is 52.4 Å². The van der Waals surface area contributed by atoms with Crippen molar-refractivity contribution in [2.24, 2.45) is 23.2 Å². The zero-order chi connectivity index (χ0) is 16.8. The molecule has 4 saturated carbocycles. The Bertz CT molecular complexity index is 314. The van der Waals surface area contributed by atoms with Gasteiger partial charge in [0, 0.05) is 6.54 Å². The minimum Gasteiger partial charge on any atom is -0.303 e. The second-order valence-corrected chi connectivity index (χ2v) is 9.82. The van der Waals surface area contributed by atoms with E-state index in [1.54, 1.807) is 38.5 Å². The summed E-state index contributed by atoms with van der Waals surface area (Å²) in [6, 6.07) is 0. The molecule has 0 aromatic carbocycles. The molecule has 0 N–H and O–H groups in total. The molecule has 0 aromatic rings. The molecule has 4 rings (SSSR count). The molecule has 0 amide bonds. The molecule has 0 saturated heterocycles. The lowest BCUT2D eigenvalue weighted by molar-refractivity contribution is -0.0694. The predicted molar refractivity (Wildman–Crippen MR) is 105 cm³/mol. The number of nitrogens with zero attached hydrogens (tertiary/aromatic N) is 1. The molecule has 0 atom stereocenters. The van der Waals surface area contributed by atoms with Gasteiger partial charge in [-0.05, 0) is 87.6 Å². The molecule has 24 heavy (non-hydrogen) atoms. The van der Waals surface area contributed by atoms with Crippen LogP contribution in [0.4, 0.5) is 0 Å². The Kier molecular flexibility index (Phi) is 7.07. The van der Waals surface area contributed by atoms with Gasteiger partial charge in [-0.15, -0.1) is 0 Å². The van der Waals surface area contributed by atoms with Gasteiger partial charge < -0.3 is 4.90 Å². The topological polar surface area (TPSA) is 3.24 Å². The number of unbranched alkanes of at least 4 members (excludes halogenated alkanes) is 6. The minimum absolute atomic E-state index is 0.740. The Morgan fingerprint density at radius 1 is 0.667 bits per heavy atom. The summed E-state index contributed by atoms with van der Waals surface area (Å²) in [7, 11) is 0. The Morgan fingerprint density at radius 3 is 1.54 bits per heavy atom. The summed E-state index contributed by atoms with van der Waals surface area (Å²) in [5.74, 6) is 3.33. The van der Waals surface area contributed by atoms with Crippen molar-refractivity contribution in [2.45, 2.75) is 104 Å². The average molecular weight is 334 g/mol. The van der Waals surface area contributed by atoms with Crippen LogP contribution in [0.5, 0.6) is 0 Å². The van der Waals surface area contributed by atoms with Crippen molar-refractivity contribution in [3.63, 3.8) is 0 Å². The third kappa shape index (κ3) is 4.99. The van der Waals surface area contributed by atoms with E-state index in [0.29, 0.717) is 0 Å². The highest BCUT2D eigenvalue weighted by atomic mass is 15.1. The van der Waals surface area contributed by atoms with Crippen LogP contribution < -0.4 is 0 Å². The first-order valence-corrected chi connectivity index (χ1v) is 11.5. The minimum atomic E-state index is 0.740. The van der Waals surface area contributed by atoms with Gasteiger partial charge in [0.25, 0.3) is 0 Å². The third-order valence-corrected chi connectivity index (χ3v) is 7.38. The predicted octanol–water partition coefficient (Wildman–Crippen LogP) is 6.67. The number of hydrogen-bond donors (Lipinski definition) is 0. The lowest BCUT2D eigenvalue weighted by Gasteiger charge is -2.58. The van der Waals surface area contributed by atoms with Crippen LogP contribution in [0.3, 0.4) is 0 Å². The van der Waals surface area contributed by atoms with Gasteiger partial charge in [-0.3, -0.25) is 0 Å². The summed E-state index contributed by atoms with van der Waals surface area (Å²) in [6.45, 7) is 8.88. The Balaban J connectivity index is 1.51. The number of hydrogen-bond acceptors (Lipinski definition) is 1. The van der Waals surface area contributed by atoms with Crippen molar-refractivity contribution in [1.29, 1.82) is 0 Å². The Morgan fingerprint density at radius 2 is 1.12 bits per heavy atom.